The van der Waals surface area contributed by atoms with Gasteiger partial charge in [0.05, 0.1) is 11.7 Å². The van der Waals surface area contributed by atoms with Gasteiger partial charge < -0.3 is 9.88 Å². The fraction of sp³-hybridized carbons (Fsp3) is 0.526. The van der Waals surface area contributed by atoms with Gasteiger partial charge in [-0.15, -0.1) is 0 Å². The second-order valence-corrected chi connectivity index (χ2v) is 6.87. The Morgan fingerprint density at radius 2 is 2.04 bits per heavy atom. The largest absolute Gasteiger partial charge is 0.344 e. The molecule has 0 aliphatic heterocycles. The van der Waals surface area contributed by atoms with E-state index in [-0.39, 0.29) is 23.1 Å². The van der Waals surface area contributed by atoms with E-state index < -0.39 is 0 Å². The average Bonchev–Trinajstić information content (AvgIpc) is 2.97. The topological polar surface area (TPSA) is 68.9 Å². The molecule has 0 saturated heterocycles. The summed E-state index contributed by atoms with van der Waals surface area (Å²) in [5, 5.41) is 7.14. The van der Waals surface area contributed by atoms with E-state index >= 15 is 0 Å². The molecule has 0 spiro atoms. The molecule has 2 heterocycles. The fourth-order valence-corrected chi connectivity index (χ4v) is 2.86. The zero-order valence-electron chi connectivity index (χ0n) is 15.7. The van der Waals surface area contributed by atoms with Crippen molar-refractivity contribution < 1.29 is 4.79 Å². The van der Waals surface area contributed by atoms with Crippen molar-refractivity contribution in [2.24, 2.45) is 13.0 Å². The van der Waals surface area contributed by atoms with Crippen LogP contribution >= 0.6 is 0 Å². The Balaban J connectivity index is 2.27. The van der Waals surface area contributed by atoms with Gasteiger partial charge in [-0.1, -0.05) is 20.8 Å². The number of carbonyl (C=O) groups is 1. The SMILES string of the molecule is CCC(NC(=O)c1c(C)ccn(CCC(C)C)c1=O)c1ccnn1C. The van der Waals surface area contributed by atoms with Crippen LogP contribution in [0.5, 0.6) is 0 Å². The number of nitrogens with one attached hydrogen (secondary N) is 1. The second-order valence-electron chi connectivity index (χ2n) is 6.87. The first-order chi connectivity index (χ1) is 11.8. The lowest BCUT2D eigenvalue weighted by Crippen LogP contribution is -2.36. The van der Waals surface area contributed by atoms with Crippen LogP contribution in [-0.2, 0) is 13.6 Å². The van der Waals surface area contributed by atoms with Crippen molar-refractivity contribution in [2.75, 3.05) is 0 Å². The maximum Gasteiger partial charge on any atom is 0.263 e. The van der Waals surface area contributed by atoms with E-state index in [1.165, 1.54) is 0 Å². The number of amides is 1. The Morgan fingerprint density at radius 3 is 2.60 bits per heavy atom. The highest BCUT2D eigenvalue weighted by Gasteiger charge is 2.21. The van der Waals surface area contributed by atoms with Crippen molar-refractivity contribution in [1.29, 1.82) is 0 Å². The van der Waals surface area contributed by atoms with Crippen molar-refractivity contribution in [2.45, 2.75) is 53.1 Å². The molecular weight excluding hydrogens is 316 g/mol. The molecule has 1 atom stereocenters. The third kappa shape index (κ3) is 4.38. The third-order valence-corrected chi connectivity index (χ3v) is 4.48. The van der Waals surface area contributed by atoms with Crippen LogP contribution < -0.4 is 10.9 Å². The predicted octanol–water partition coefficient (Wildman–Crippen LogP) is 2.82. The van der Waals surface area contributed by atoms with Crippen LogP contribution in [0, 0.1) is 12.8 Å². The van der Waals surface area contributed by atoms with Gasteiger partial charge in [0, 0.05) is 26.0 Å². The van der Waals surface area contributed by atoms with Crippen molar-refractivity contribution in [3.63, 3.8) is 0 Å². The summed E-state index contributed by atoms with van der Waals surface area (Å²) in [4.78, 5) is 25.5. The summed E-state index contributed by atoms with van der Waals surface area (Å²) in [6, 6.07) is 3.54. The molecule has 6 heteroatoms. The number of aryl methyl sites for hydroxylation is 3. The highest BCUT2D eigenvalue weighted by Crippen LogP contribution is 2.16. The van der Waals surface area contributed by atoms with Crippen molar-refractivity contribution in [3.05, 3.63) is 51.7 Å². The molecule has 0 fully saturated rings. The molecule has 2 aromatic rings. The number of nitrogens with zero attached hydrogens (tertiary/aromatic N) is 3. The lowest BCUT2D eigenvalue weighted by molar-refractivity contribution is 0.0931. The molecule has 136 valence electrons. The van der Waals surface area contributed by atoms with Gasteiger partial charge >= 0.3 is 0 Å². The van der Waals surface area contributed by atoms with E-state index in [4.69, 9.17) is 0 Å². The van der Waals surface area contributed by atoms with Gasteiger partial charge in [0.1, 0.15) is 5.56 Å². The number of aromatic nitrogens is 3. The van der Waals surface area contributed by atoms with Gasteiger partial charge in [0.25, 0.3) is 11.5 Å². The number of hydrogen-bond acceptors (Lipinski definition) is 3. The quantitative estimate of drug-likeness (QED) is 0.840. The second kappa shape index (κ2) is 8.14. The van der Waals surface area contributed by atoms with E-state index in [0.29, 0.717) is 18.0 Å². The van der Waals surface area contributed by atoms with E-state index in [0.717, 1.165) is 18.5 Å². The maximum absolute atomic E-state index is 12.8. The smallest absolute Gasteiger partial charge is 0.263 e. The minimum atomic E-state index is -0.325. The number of pyridine rings is 1. The molecule has 0 saturated carbocycles. The van der Waals surface area contributed by atoms with Crippen LogP contribution in [0.25, 0.3) is 0 Å². The van der Waals surface area contributed by atoms with E-state index in [9.17, 15) is 9.59 Å². The maximum atomic E-state index is 12.8. The van der Waals surface area contributed by atoms with E-state index in [1.54, 1.807) is 28.6 Å². The van der Waals surface area contributed by atoms with Crippen molar-refractivity contribution in [3.8, 4) is 0 Å². The summed E-state index contributed by atoms with van der Waals surface area (Å²) in [5.41, 5.74) is 1.62. The van der Waals surface area contributed by atoms with Gasteiger partial charge in [-0.2, -0.15) is 5.10 Å². The minimum Gasteiger partial charge on any atom is -0.344 e. The fourth-order valence-electron chi connectivity index (χ4n) is 2.86. The Bertz CT molecular complexity index is 789. The van der Waals surface area contributed by atoms with E-state index in [1.807, 2.05) is 26.1 Å². The Kier molecular flexibility index (Phi) is 6.17. The predicted molar refractivity (Wildman–Crippen MR) is 98.6 cm³/mol. The first-order valence-electron chi connectivity index (χ1n) is 8.83. The molecule has 25 heavy (non-hydrogen) atoms. The third-order valence-electron chi connectivity index (χ3n) is 4.48. The van der Waals surface area contributed by atoms with Crippen LogP contribution in [0.3, 0.4) is 0 Å². The lowest BCUT2D eigenvalue weighted by Gasteiger charge is -2.18. The molecule has 0 aromatic carbocycles. The van der Waals surface area contributed by atoms with Gasteiger partial charge in [-0.25, -0.2) is 0 Å². The number of rotatable bonds is 7. The highest BCUT2D eigenvalue weighted by atomic mass is 16.2. The number of carbonyl (C=O) groups excluding carboxylic acids is 1. The van der Waals surface area contributed by atoms with Crippen molar-refractivity contribution in [1.82, 2.24) is 19.7 Å². The normalized spacial score (nSPS) is 12.4. The van der Waals surface area contributed by atoms with Gasteiger partial charge in [-0.05, 0) is 43.4 Å². The molecule has 0 bridgehead atoms. The molecule has 1 unspecified atom stereocenters. The molecule has 6 nitrogen and oxygen atoms in total. The lowest BCUT2D eigenvalue weighted by atomic mass is 10.1. The standard InChI is InChI=1S/C19H28N4O2/c1-6-15(16-7-10-20-22(16)5)21-18(24)17-14(4)9-12-23(19(17)25)11-8-13(2)3/h7,9-10,12-13,15H,6,8,11H2,1-5H3,(H,21,24). The molecule has 0 aliphatic rings. The Labute approximate surface area is 148 Å². The first-order valence-corrected chi connectivity index (χ1v) is 8.83. The van der Waals surface area contributed by atoms with E-state index in [2.05, 4.69) is 24.3 Å². The zero-order chi connectivity index (χ0) is 18.6. The summed E-state index contributed by atoms with van der Waals surface area (Å²) >= 11 is 0. The summed E-state index contributed by atoms with van der Waals surface area (Å²) in [5.74, 6) is 0.175. The average molecular weight is 344 g/mol. The van der Waals surface area contributed by atoms with Crippen LogP contribution in [0.4, 0.5) is 0 Å². The first kappa shape index (κ1) is 19.0. The van der Waals surface area contributed by atoms with Crippen LogP contribution in [0.2, 0.25) is 0 Å². The summed E-state index contributed by atoms with van der Waals surface area (Å²) < 4.78 is 3.38. The van der Waals surface area contributed by atoms with Crippen LogP contribution in [-0.4, -0.2) is 20.3 Å². The van der Waals surface area contributed by atoms with Gasteiger partial charge in [0.2, 0.25) is 0 Å². The molecule has 0 aliphatic carbocycles. The van der Waals surface area contributed by atoms with Crippen molar-refractivity contribution >= 4 is 5.91 Å². The van der Waals surface area contributed by atoms with Gasteiger partial charge in [0.15, 0.2) is 0 Å². The highest BCUT2D eigenvalue weighted by molar-refractivity contribution is 5.95. The minimum absolute atomic E-state index is 0.178. The molecule has 2 aromatic heterocycles. The molecule has 1 amide bonds. The van der Waals surface area contributed by atoms with Crippen LogP contribution in [0.1, 0.15) is 61.3 Å². The summed E-state index contributed by atoms with van der Waals surface area (Å²) in [6.07, 6.45) is 5.10. The summed E-state index contributed by atoms with van der Waals surface area (Å²) in [6.45, 7) is 8.65. The van der Waals surface area contributed by atoms with Crippen LogP contribution in [0.15, 0.2) is 29.3 Å². The number of hydrogen-bond donors (Lipinski definition) is 1. The Morgan fingerprint density at radius 1 is 1.32 bits per heavy atom. The molecule has 0 radical (unpaired) electrons. The Hall–Kier alpha value is -2.37. The summed E-state index contributed by atoms with van der Waals surface area (Å²) in [7, 11) is 1.84. The molecular formula is C19H28N4O2. The molecule has 2 rings (SSSR count). The molecule has 1 N–H and O–H groups in total. The van der Waals surface area contributed by atoms with Gasteiger partial charge in [-0.3, -0.25) is 14.3 Å². The monoisotopic (exact) mass is 344 g/mol. The zero-order valence-corrected chi connectivity index (χ0v) is 15.7.